The molecular weight excluding hydrogens is 354 g/mol. The van der Waals surface area contributed by atoms with Crippen molar-refractivity contribution in [1.29, 1.82) is 0 Å². The van der Waals surface area contributed by atoms with Crippen molar-refractivity contribution < 1.29 is 28.6 Å². The van der Waals surface area contributed by atoms with Gasteiger partial charge < -0.3 is 19.1 Å². The molecule has 9 heteroatoms. The molecule has 1 amide bonds. The number of benzene rings is 1. The minimum Gasteiger partial charge on any atom is -0.497 e. The first kappa shape index (κ1) is 18.7. The Morgan fingerprint density at radius 3 is 2.15 bits per heavy atom. The van der Waals surface area contributed by atoms with Gasteiger partial charge in [-0.25, -0.2) is 14.6 Å². The number of hydrogen-bond acceptors (Lipinski definition) is 8. The van der Waals surface area contributed by atoms with E-state index in [1.165, 1.54) is 32.5 Å². The molecule has 3 rings (SSSR count). The van der Waals surface area contributed by atoms with Gasteiger partial charge >= 0.3 is 11.9 Å². The Balaban J connectivity index is 2.15. The number of rotatable bonds is 4. The number of carbonyl (C=O) groups excluding carboxylic acids is 3. The lowest BCUT2D eigenvalue weighted by molar-refractivity contribution is -0.148. The summed E-state index contributed by atoms with van der Waals surface area (Å²) in [7, 11) is 5.56. The van der Waals surface area contributed by atoms with Crippen LogP contribution in [0.15, 0.2) is 29.4 Å². The highest BCUT2D eigenvalue weighted by Crippen LogP contribution is 2.42. The topological polar surface area (TPSA) is 97.7 Å². The van der Waals surface area contributed by atoms with E-state index in [0.29, 0.717) is 11.4 Å². The summed E-state index contributed by atoms with van der Waals surface area (Å²) in [4.78, 5) is 39.6. The number of esters is 2. The zero-order valence-electron chi connectivity index (χ0n) is 15.5. The molecule has 1 aromatic carbocycles. The van der Waals surface area contributed by atoms with Crippen LogP contribution in [0.4, 0.5) is 5.69 Å². The molecule has 1 saturated heterocycles. The Bertz CT molecular complexity index is 778. The number of hydrogen-bond donors (Lipinski definition) is 0. The second-order valence-corrected chi connectivity index (χ2v) is 6.27. The number of fused-ring (bicyclic) bond motifs is 1. The average molecular weight is 375 g/mol. The normalized spacial score (nSPS) is 26.6. The fraction of sp³-hybridized carbons (Fsp3) is 0.444. The molecule has 27 heavy (non-hydrogen) atoms. The van der Waals surface area contributed by atoms with Crippen molar-refractivity contribution in [3.05, 3.63) is 24.3 Å². The molecule has 2 aliphatic rings. The molecular formula is C18H21N3O6. The molecule has 0 saturated carbocycles. The first-order valence-corrected chi connectivity index (χ1v) is 8.34. The predicted molar refractivity (Wildman–Crippen MR) is 95.3 cm³/mol. The first-order valence-electron chi connectivity index (χ1n) is 8.34. The van der Waals surface area contributed by atoms with E-state index in [1.807, 2.05) is 0 Å². The summed E-state index contributed by atoms with van der Waals surface area (Å²) in [6, 6.07) is 4.98. The van der Waals surface area contributed by atoms with Crippen LogP contribution >= 0.6 is 0 Å². The molecule has 0 aromatic heterocycles. The van der Waals surface area contributed by atoms with E-state index >= 15 is 0 Å². The smallest absolute Gasteiger partial charge is 0.329 e. The van der Waals surface area contributed by atoms with E-state index in [1.54, 1.807) is 36.3 Å². The Morgan fingerprint density at radius 2 is 1.59 bits per heavy atom. The maximum Gasteiger partial charge on any atom is 0.329 e. The van der Waals surface area contributed by atoms with E-state index in [-0.39, 0.29) is 5.91 Å². The minimum absolute atomic E-state index is 0.359. The van der Waals surface area contributed by atoms with Crippen molar-refractivity contribution in [2.24, 2.45) is 16.9 Å². The third-order valence-electron chi connectivity index (χ3n) is 4.99. The van der Waals surface area contributed by atoms with E-state index in [2.05, 4.69) is 5.10 Å². The molecule has 4 atom stereocenters. The van der Waals surface area contributed by atoms with Gasteiger partial charge in [-0.15, -0.1) is 0 Å². The molecule has 144 valence electrons. The molecule has 1 aromatic rings. The maximum atomic E-state index is 12.8. The van der Waals surface area contributed by atoms with Gasteiger partial charge in [0.1, 0.15) is 17.8 Å². The summed E-state index contributed by atoms with van der Waals surface area (Å²) in [5.41, 5.74) is 0.569. The highest BCUT2D eigenvalue weighted by Gasteiger charge is 2.59. The molecule has 2 heterocycles. The SMILES string of the molecule is COC(=O)[C@H]1[C@H]2C=NN(C)C(=O)[C@H]2[C@H](C(=O)OC)N1c1ccc(OC)cc1. The van der Waals surface area contributed by atoms with E-state index in [9.17, 15) is 14.4 Å². The van der Waals surface area contributed by atoms with Gasteiger partial charge in [0.25, 0.3) is 0 Å². The van der Waals surface area contributed by atoms with Gasteiger partial charge in [0.05, 0.1) is 27.2 Å². The highest BCUT2D eigenvalue weighted by molar-refractivity contribution is 6.00. The van der Waals surface area contributed by atoms with Gasteiger partial charge in [0.2, 0.25) is 5.91 Å². The van der Waals surface area contributed by atoms with Crippen molar-refractivity contribution in [2.75, 3.05) is 33.3 Å². The predicted octanol–water partition coefficient (Wildman–Crippen LogP) is 0.289. The zero-order chi connectivity index (χ0) is 19.7. The Morgan fingerprint density at radius 1 is 1.00 bits per heavy atom. The van der Waals surface area contributed by atoms with Gasteiger partial charge in [-0.1, -0.05) is 0 Å². The lowest BCUT2D eigenvalue weighted by Gasteiger charge is -2.30. The van der Waals surface area contributed by atoms with Crippen molar-refractivity contribution in [2.45, 2.75) is 12.1 Å². The standard InChI is InChI=1S/C18H21N3O6/c1-20-16(22)13-12(9-19-20)14(17(23)26-3)21(15(13)18(24)27-4)10-5-7-11(25-2)8-6-10/h5-9,12-15H,1-4H3/t12-,13+,14+,15+/m0/s1. The molecule has 0 bridgehead atoms. The molecule has 0 spiro atoms. The van der Waals surface area contributed by atoms with Crippen LogP contribution in [-0.2, 0) is 23.9 Å². The number of hydrazone groups is 1. The van der Waals surface area contributed by atoms with Crippen LogP contribution in [0.2, 0.25) is 0 Å². The quantitative estimate of drug-likeness (QED) is 0.698. The van der Waals surface area contributed by atoms with Crippen LogP contribution in [0.5, 0.6) is 5.75 Å². The molecule has 0 radical (unpaired) electrons. The lowest BCUT2D eigenvalue weighted by atomic mass is 9.86. The largest absolute Gasteiger partial charge is 0.497 e. The summed E-state index contributed by atoms with van der Waals surface area (Å²) < 4.78 is 15.1. The summed E-state index contributed by atoms with van der Waals surface area (Å²) in [6.45, 7) is 0. The van der Waals surface area contributed by atoms with Crippen molar-refractivity contribution in [3.63, 3.8) is 0 Å². The molecule has 9 nitrogen and oxygen atoms in total. The molecule has 2 aliphatic heterocycles. The fourth-order valence-corrected chi connectivity index (χ4v) is 3.71. The van der Waals surface area contributed by atoms with Crippen LogP contribution in [0, 0.1) is 11.8 Å². The van der Waals surface area contributed by atoms with E-state index in [4.69, 9.17) is 14.2 Å². The summed E-state index contributed by atoms with van der Waals surface area (Å²) in [5, 5.41) is 5.22. The van der Waals surface area contributed by atoms with Gasteiger partial charge in [-0.05, 0) is 24.3 Å². The number of nitrogens with zero attached hydrogens (tertiary/aromatic N) is 3. The van der Waals surface area contributed by atoms with Gasteiger partial charge in [-0.2, -0.15) is 5.10 Å². The van der Waals surface area contributed by atoms with Crippen molar-refractivity contribution >= 4 is 29.7 Å². The van der Waals surface area contributed by atoms with Crippen LogP contribution in [0.3, 0.4) is 0 Å². The highest BCUT2D eigenvalue weighted by atomic mass is 16.5. The number of methoxy groups -OCH3 is 3. The Labute approximate surface area is 156 Å². The Hall–Kier alpha value is -3.10. The fourth-order valence-electron chi connectivity index (χ4n) is 3.71. The van der Waals surface area contributed by atoms with Crippen LogP contribution < -0.4 is 9.64 Å². The minimum atomic E-state index is -0.987. The van der Waals surface area contributed by atoms with Crippen molar-refractivity contribution in [3.8, 4) is 5.75 Å². The summed E-state index contributed by atoms with van der Waals surface area (Å²) in [5.74, 6) is -2.33. The number of amides is 1. The first-order chi connectivity index (χ1) is 12.9. The van der Waals surface area contributed by atoms with Crippen LogP contribution in [-0.4, -0.2) is 69.5 Å². The number of carbonyl (C=O) groups is 3. The van der Waals surface area contributed by atoms with Gasteiger partial charge in [0.15, 0.2) is 0 Å². The molecule has 1 fully saturated rings. The third-order valence-corrected chi connectivity index (χ3v) is 4.99. The van der Waals surface area contributed by atoms with E-state index < -0.39 is 35.9 Å². The van der Waals surface area contributed by atoms with Gasteiger partial charge in [0, 0.05) is 24.9 Å². The average Bonchev–Trinajstić information content (AvgIpc) is 3.05. The summed E-state index contributed by atoms with van der Waals surface area (Å²) in [6.07, 6.45) is 1.52. The maximum absolute atomic E-state index is 12.8. The van der Waals surface area contributed by atoms with Crippen LogP contribution in [0.1, 0.15) is 0 Å². The number of ether oxygens (including phenoxy) is 3. The van der Waals surface area contributed by atoms with Crippen LogP contribution in [0.25, 0.3) is 0 Å². The number of anilines is 1. The van der Waals surface area contributed by atoms with Gasteiger partial charge in [-0.3, -0.25) is 4.79 Å². The lowest BCUT2D eigenvalue weighted by Crippen LogP contribution is -2.48. The Kier molecular flexibility index (Phi) is 5.02. The molecule has 0 unspecified atom stereocenters. The summed E-state index contributed by atoms with van der Waals surface area (Å²) >= 11 is 0. The van der Waals surface area contributed by atoms with Crippen molar-refractivity contribution in [1.82, 2.24) is 5.01 Å². The zero-order valence-corrected chi connectivity index (χ0v) is 15.5. The molecule has 0 N–H and O–H groups in total. The molecule has 0 aliphatic carbocycles. The second-order valence-electron chi connectivity index (χ2n) is 6.27. The monoisotopic (exact) mass is 375 g/mol. The second kappa shape index (κ2) is 7.26. The van der Waals surface area contributed by atoms with E-state index in [0.717, 1.165) is 0 Å². The third kappa shape index (κ3) is 2.98.